The van der Waals surface area contributed by atoms with Gasteiger partial charge in [-0.1, -0.05) is 19.3 Å². The number of nitrogens with zero attached hydrogens (tertiary/aromatic N) is 5. The lowest BCUT2D eigenvalue weighted by atomic mass is 10.1. The molecule has 3 aliphatic heterocycles. The highest BCUT2D eigenvalue weighted by Crippen LogP contribution is 2.22. The molecule has 13 nitrogen and oxygen atoms in total. The quantitative estimate of drug-likeness (QED) is 0.114. The molecule has 3 saturated heterocycles. The van der Waals surface area contributed by atoms with Crippen LogP contribution in [-0.4, -0.2) is 142 Å². The number of rotatable bonds is 14. The van der Waals surface area contributed by atoms with Crippen LogP contribution in [0.3, 0.4) is 0 Å². The molecule has 3 atom stereocenters. The maximum atomic E-state index is 10.0. The number of aliphatic hydroxyl groups is 4. The van der Waals surface area contributed by atoms with Crippen LogP contribution in [0, 0.1) is 20.8 Å². The van der Waals surface area contributed by atoms with Crippen molar-refractivity contribution in [2.24, 2.45) is 0 Å². The smallest absolute Gasteiger partial charge is 0.216 e. The van der Waals surface area contributed by atoms with E-state index in [1.807, 2.05) is 39.0 Å². The zero-order chi connectivity index (χ0) is 42.1. The molecule has 3 unspecified atom stereocenters. The van der Waals surface area contributed by atoms with Crippen LogP contribution in [0.5, 0.6) is 17.6 Å². The average Bonchev–Trinajstić information content (AvgIpc) is 3.23. The molecule has 5 N–H and O–H groups in total. The Hall–Kier alpha value is -1.99. The van der Waals surface area contributed by atoms with E-state index in [2.05, 4.69) is 77.9 Å². The lowest BCUT2D eigenvalue weighted by Gasteiger charge is -2.33. The van der Waals surface area contributed by atoms with Gasteiger partial charge in [0.15, 0.2) is 0 Å². The highest BCUT2D eigenvalue weighted by Gasteiger charge is 2.21. The molecule has 16 heteroatoms. The topological polar surface area (TPSA) is 166 Å². The van der Waals surface area contributed by atoms with Crippen LogP contribution in [0.2, 0.25) is 0 Å². The third-order valence-electron chi connectivity index (χ3n) is 9.68. The second-order valence-corrected chi connectivity index (χ2v) is 17.6. The van der Waals surface area contributed by atoms with E-state index in [9.17, 15) is 10.2 Å². The van der Waals surface area contributed by atoms with Gasteiger partial charge >= 0.3 is 0 Å². The zero-order valence-corrected chi connectivity index (χ0v) is 39.2. The number of aromatic nitrogens is 3. The van der Waals surface area contributed by atoms with Crippen molar-refractivity contribution in [1.29, 1.82) is 0 Å². The Morgan fingerprint density at radius 2 is 1.02 bits per heavy atom. The largest absolute Gasteiger partial charge is 0.476 e. The number of β-amino-alcohol motifs (C(OH)–C–C–N with tert-alkyl or cyclic N) is 1. The number of aliphatic hydroxyl groups excluding tert-OH is 4. The number of piperidine rings is 3. The fourth-order valence-corrected chi connectivity index (χ4v) is 7.80. The summed E-state index contributed by atoms with van der Waals surface area (Å²) in [5.74, 6) is 1.72. The van der Waals surface area contributed by atoms with E-state index in [1.54, 1.807) is 18.6 Å². The van der Waals surface area contributed by atoms with E-state index >= 15 is 0 Å². The van der Waals surface area contributed by atoms with Crippen LogP contribution in [0.15, 0.2) is 50.2 Å². The predicted molar refractivity (Wildman–Crippen MR) is 243 cm³/mol. The number of hydrogen-bond acceptors (Lipinski definition) is 13. The molecule has 330 valence electrons. The van der Waals surface area contributed by atoms with Gasteiger partial charge in [0.1, 0.15) is 32.0 Å². The van der Waals surface area contributed by atoms with Crippen molar-refractivity contribution in [3.63, 3.8) is 0 Å². The Morgan fingerprint density at radius 1 is 0.603 bits per heavy atom. The van der Waals surface area contributed by atoms with Gasteiger partial charge in [0, 0.05) is 58.1 Å². The van der Waals surface area contributed by atoms with E-state index in [-0.39, 0.29) is 28.7 Å². The summed E-state index contributed by atoms with van der Waals surface area (Å²) in [7, 11) is 0. The first-order valence-electron chi connectivity index (χ1n) is 20.5. The number of pyridine rings is 3. The molecule has 0 amide bonds. The molecular weight excluding hydrogens is 940 g/mol. The third kappa shape index (κ3) is 20.5. The first kappa shape index (κ1) is 50.4. The summed E-state index contributed by atoms with van der Waals surface area (Å²) in [6.07, 6.45) is 15.5. The maximum absolute atomic E-state index is 10.0. The lowest BCUT2D eigenvalue weighted by Crippen LogP contribution is -2.44. The van der Waals surface area contributed by atoms with Crippen molar-refractivity contribution >= 4 is 47.8 Å². The van der Waals surface area contributed by atoms with Crippen LogP contribution in [0.4, 0.5) is 0 Å². The molecule has 0 aliphatic carbocycles. The van der Waals surface area contributed by atoms with Crippen LogP contribution < -0.4 is 19.5 Å². The second kappa shape index (κ2) is 29.3. The minimum Gasteiger partial charge on any atom is -0.476 e. The van der Waals surface area contributed by atoms with Gasteiger partial charge in [0.25, 0.3) is 0 Å². The highest BCUT2D eigenvalue weighted by molar-refractivity contribution is 9.11. The summed E-state index contributed by atoms with van der Waals surface area (Å²) in [6.45, 7) is 13.9. The molecule has 0 radical (unpaired) electrons. The van der Waals surface area contributed by atoms with Crippen molar-refractivity contribution in [2.45, 2.75) is 96.8 Å². The van der Waals surface area contributed by atoms with E-state index in [4.69, 9.17) is 24.4 Å². The SMILES string of the molecule is C1CCNCC1.Cc1cc(Br)cnc1OCC(CO)N1CCCCC1.Cc1cc(Br)cnc1OCC(O)CN1CCCCC1.Cc1cc(Br)cnc1OCC(O)CO.[3HH].[3HH]. The third-order valence-corrected chi connectivity index (χ3v) is 11.0. The predicted octanol–water partition coefficient (Wildman–Crippen LogP) is 6.89. The van der Waals surface area contributed by atoms with Gasteiger partial charge in [-0.15, -0.1) is 0 Å². The Kier molecular flexibility index (Phi) is 25.4. The highest BCUT2D eigenvalue weighted by atomic mass is 79.9. The standard InChI is InChI=1S/2C14H21BrN2O2.C9H12BrNO3.C5H11N.2H2/c1-11-7-12(15)8-16-14(11)19-10-13(9-18)17-5-3-2-4-6-17;1-11-7-12(15)8-16-14(11)19-10-13(18)9-17-5-3-2-4-6-17;1-6-2-7(10)3-11-9(6)14-5-8(13)4-12;1-2-4-6-5-3-1;;/h2*7-8,13,18H,2-6,9-10H2,1H3;2-3,8,12-13H,4-5H2,1H3;6H,1-5H2;2*1H/i;;;;2*1+2. The van der Waals surface area contributed by atoms with Crippen LogP contribution in [-0.2, 0) is 0 Å². The monoisotopic (exact) mass is 1010 g/mol. The van der Waals surface area contributed by atoms with Crippen molar-refractivity contribution < 1.29 is 37.5 Å². The molecule has 0 spiro atoms. The molecule has 3 aromatic heterocycles. The molecule has 3 aromatic rings. The Balaban J connectivity index is 0.000000417. The normalized spacial score (nSPS) is 17.5. The van der Waals surface area contributed by atoms with Crippen molar-refractivity contribution in [3.8, 4) is 17.6 Å². The van der Waals surface area contributed by atoms with E-state index in [1.165, 1.54) is 70.9 Å². The van der Waals surface area contributed by atoms with E-state index < -0.39 is 12.2 Å². The maximum Gasteiger partial charge on any atom is 0.216 e. The first-order valence-corrected chi connectivity index (χ1v) is 22.9. The van der Waals surface area contributed by atoms with Crippen LogP contribution >= 0.6 is 47.8 Å². The van der Waals surface area contributed by atoms with Crippen molar-refractivity contribution in [1.82, 2.24) is 30.1 Å². The molecule has 58 heavy (non-hydrogen) atoms. The number of likely N-dealkylation sites (tertiary alicyclic amines) is 2. The summed E-state index contributed by atoms with van der Waals surface area (Å²) in [4.78, 5) is 17.1. The Bertz CT molecular complexity index is 1570. The molecule has 3 fully saturated rings. The van der Waals surface area contributed by atoms with Crippen LogP contribution in [0.25, 0.3) is 0 Å². The number of ether oxygens (including phenoxy) is 3. The minimum absolute atomic E-state index is 0. The molecule has 6 rings (SSSR count). The molecule has 0 aromatic carbocycles. The molecule has 0 bridgehead atoms. The van der Waals surface area contributed by atoms with Gasteiger partial charge < -0.3 is 44.9 Å². The van der Waals surface area contributed by atoms with Crippen molar-refractivity contribution in [2.75, 3.05) is 78.8 Å². The Morgan fingerprint density at radius 3 is 1.40 bits per heavy atom. The molecular formula is C42H69Br3N6O7. The van der Waals surface area contributed by atoms with Gasteiger partial charge in [0.05, 0.1) is 19.3 Å². The van der Waals surface area contributed by atoms with Gasteiger partial charge in [-0.05, 0) is 165 Å². The Labute approximate surface area is 373 Å². The summed E-state index contributed by atoms with van der Waals surface area (Å²) in [5.41, 5.74) is 2.86. The zero-order valence-electron chi connectivity index (χ0n) is 34.4. The summed E-state index contributed by atoms with van der Waals surface area (Å²) in [6, 6.07) is 5.88. The van der Waals surface area contributed by atoms with Gasteiger partial charge in [-0.2, -0.15) is 0 Å². The first-order chi connectivity index (χ1) is 28.0. The number of aryl methyl sites for hydroxylation is 3. The molecule has 0 saturated carbocycles. The number of hydrogen-bond donors (Lipinski definition) is 5. The second-order valence-electron chi connectivity index (χ2n) is 14.9. The van der Waals surface area contributed by atoms with Gasteiger partial charge in [-0.25, -0.2) is 15.0 Å². The summed E-state index contributed by atoms with van der Waals surface area (Å²) in [5, 5.41) is 40.4. The number of halogens is 3. The summed E-state index contributed by atoms with van der Waals surface area (Å²) >= 11 is 10.0. The van der Waals surface area contributed by atoms with Crippen LogP contribution in [0.1, 0.15) is 77.3 Å². The average molecular weight is 1010 g/mol. The van der Waals surface area contributed by atoms with Gasteiger partial charge in [-0.3, -0.25) is 4.90 Å². The summed E-state index contributed by atoms with van der Waals surface area (Å²) < 4.78 is 19.3. The van der Waals surface area contributed by atoms with Crippen molar-refractivity contribution in [3.05, 3.63) is 66.9 Å². The number of nitrogens with one attached hydrogen (secondary N) is 1. The lowest BCUT2D eigenvalue weighted by molar-refractivity contribution is 0.0518. The minimum atomic E-state index is -0.861. The fraction of sp³-hybridized carbons (Fsp3) is 0.643. The molecule has 3 aliphatic rings. The molecule has 6 heterocycles. The van der Waals surface area contributed by atoms with E-state index in [0.717, 1.165) is 56.3 Å². The van der Waals surface area contributed by atoms with Gasteiger partial charge in [0.2, 0.25) is 17.6 Å². The fourth-order valence-electron chi connectivity index (χ4n) is 6.47. The van der Waals surface area contributed by atoms with E-state index in [0.29, 0.717) is 37.4 Å².